The number of hydrogen-bond acceptors (Lipinski definition) is 3. The van der Waals surface area contributed by atoms with Crippen LogP contribution in [0.2, 0.25) is 0 Å². The van der Waals surface area contributed by atoms with Gasteiger partial charge >= 0.3 is 0 Å². The molecule has 1 N–H and O–H groups in total. The Labute approximate surface area is 98.3 Å². The highest BCUT2D eigenvalue weighted by Crippen LogP contribution is 2.32. The van der Waals surface area contributed by atoms with Gasteiger partial charge in [0.15, 0.2) is 4.80 Å². The summed E-state index contributed by atoms with van der Waals surface area (Å²) in [6.45, 7) is 0. The first-order chi connectivity index (χ1) is 7.59. The van der Waals surface area contributed by atoms with E-state index in [-0.39, 0.29) is 12.3 Å². The molecule has 0 saturated heterocycles. The van der Waals surface area contributed by atoms with Crippen molar-refractivity contribution in [2.45, 2.75) is 37.7 Å². The molecule has 2 rings (SSSR count). The Bertz CT molecular complexity index is 441. The fraction of sp³-hybridized carbons (Fsp3) is 0.636. The number of nitrogens with zero attached hydrogens (tertiary/aromatic N) is 2. The van der Waals surface area contributed by atoms with Gasteiger partial charge in [-0.05, 0) is 12.8 Å². The average molecular weight is 240 g/mol. The van der Waals surface area contributed by atoms with Gasteiger partial charge in [0.25, 0.3) is 5.91 Å². The van der Waals surface area contributed by atoms with Gasteiger partial charge < -0.3 is 9.67 Å². The van der Waals surface area contributed by atoms with E-state index in [1.165, 1.54) is 11.3 Å². The predicted octanol–water partition coefficient (Wildman–Crippen LogP) is 1.21. The molecular formula is C11H16N2O2S. The second-order valence-corrected chi connectivity index (χ2v) is 5.28. The molecule has 0 spiro atoms. The van der Waals surface area contributed by atoms with Crippen molar-refractivity contribution < 1.29 is 9.90 Å². The van der Waals surface area contributed by atoms with Crippen LogP contribution >= 0.6 is 11.3 Å². The van der Waals surface area contributed by atoms with Gasteiger partial charge in [-0.1, -0.05) is 12.8 Å². The predicted molar refractivity (Wildman–Crippen MR) is 61.9 cm³/mol. The molecule has 1 aliphatic carbocycles. The smallest absolute Gasteiger partial charge is 0.251 e. The number of aromatic nitrogens is 1. The second kappa shape index (κ2) is 4.51. The molecule has 88 valence electrons. The largest absolute Gasteiger partial charge is 0.389 e. The summed E-state index contributed by atoms with van der Waals surface area (Å²) in [7, 11) is 1.85. The number of carbonyl (C=O) groups is 1. The van der Waals surface area contributed by atoms with Crippen LogP contribution in [0.3, 0.4) is 0 Å². The lowest BCUT2D eigenvalue weighted by molar-refractivity contribution is -0.122. The van der Waals surface area contributed by atoms with Crippen LogP contribution < -0.4 is 4.80 Å². The molecule has 1 aliphatic rings. The van der Waals surface area contributed by atoms with Crippen molar-refractivity contribution in [1.29, 1.82) is 0 Å². The molecule has 1 aromatic heterocycles. The minimum absolute atomic E-state index is 0.158. The summed E-state index contributed by atoms with van der Waals surface area (Å²) in [6.07, 6.45) is 5.49. The highest BCUT2D eigenvalue weighted by Gasteiger charge is 2.33. The van der Waals surface area contributed by atoms with Gasteiger partial charge in [0.1, 0.15) is 0 Å². The first-order valence-electron chi connectivity index (χ1n) is 5.49. The third kappa shape index (κ3) is 2.59. The molecule has 0 aromatic carbocycles. The second-order valence-electron chi connectivity index (χ2n) is 4.41. The summed E-state index contributed by atoms with van der Waals surface area (Å²) in [4.78, 5) is 16.4. The zero-order valence-corrected chi connectivity index (χ0v) is 10.2. The zero-order valence-electron chi connectivity index (χ0n) is 9.35. The molecule has 1 saturated carbocycles. The van der Waals surface area contributed by atoms with Crippen molar-refractivity contribution in [1.82, 2.24) is 4.57 Å². The maximum atomic E-state index is 11.7. The van der Waals surface area contributed by atoms with Gasteiger partial charge in [-0.25, -0.2) is 0 Å². The third-order valence-corrected chi connectivity index (χ3v) is 3.84. The number of thiazole rings is 1. The summed E-state index contributed by atoms with van der Waals surface area (Å²) in [6, 6.07) is 0. The molecule has 16 heavy (non-hydrogen) atoms. The molecule has 4 nitrogen and oxygen atoms in total. The molecule has 1 aromatic rings. The molecule has 1 amide bonds. The van der Waals surface area contributed by atoms with E-state index in [1.807, 2.05) is 18.6 Å². The summed E-state index contributed by atoms with van der Waals surface area (Å²) < 4.78 is 1.81. The Hall–Kier alpha value is -0.940. The van der Waals surface area contributed by atoms with Crippen LogP contribution in [0.15, 0.2) is 16.6 Å². The van der Waals surface area contributed by atoms with Crippen molar-refractivity contribution in [3.8, 4) is 0 Å². The van der Waals surface area contributed by atoms with Gasteiger partial charge in [-0.15, -0.1) is 11.3 Å². The lowest BCUT2D eigenvalue weighted by Crippen LogP contribution is -2.28. The minimum atomic E-state index is -0.795. The standard InChI is InChI=1S/C11H16N2O2S/c1-13-6-7-16-10(13)12-9(14)8-11(15)4-2-3-5-11/h6-7,15H,2-5,8H2,1H3. The lowest BCUT2D eigenvalue weighted by Gasteiger charge is -2.19. The van der Waals surface area contributed by atoms with Crippen LogP contribution in [0.1, 0.15) is 32.1 Å². The monoisotopic (exact) mass is 240 g/mol. The van der Waals surface area contributed by atoms with Crippen LogP contribution in [0.4, 0.5) is 0 Å². The Morgan fingerprint density at radius 1 is 1.62 bits per heavy atom. The number of hydrogen-bond donors (Lipinski definition) is 1. The Kier molecular flexibility index (Phi) is 3.25. The van der Waals surface area contributed by atoms with Crippen molar-refractivity contribution in [2.75, 3.05) is 0 Å². The number of rotatable bonds is 2. The molecule has 0 aliphatic heterocycles. The molecule has 1 fully saturated rings. The van der Waals surface area contributed by atoms with Gasteiger partial charge in [-0.2, -0.15) is 4.99 Å². The maximum absolute atomic E-state index is 11.7. The van der Waals surface area contributed by atoms with Crippen LogP contribution in [0.5, 0.6) is 0 Å². The Morgan fingerprint density at radius 2 is 2.31 bits per heavy atom. The summed E-state index contributed by atoms with van der Waals surface area (Å²) in [5, 5.41) is 12.0. The Balaban J connectivity index is 2.07. The van der Waals surface area contributed by atoms with E-state index in [0.717, 1.165) is 25.7 Å². The normalized spacial score (nSPS) is 20.2. The lowest BCUT2D eigenvalue weighted by atomic mass is 9.98. The summed E-state index contributed by atoms with van der Waals surface area (Å²) in [5.41, 5.74) is -0.795. The van der Waals surface area contributed by atoms with Gasteiger partial charge in [0.05, 0.1) is 12.0 Å². The maximum Gasteiger partial charge on any atom is 0.251 e. The molecule has 1 heterocycles. The molecule has 0 bridgehead atoms. The minimum Gasteiger partial charge on any atom is -0.389 e. The van der Waals surface area contributed by atoms with Gasteiger partial charge in [0, 0.05) is 18.6 Å². The van der Waals surface area contributed by atoms with Crippen LogP contribution in [-0.4, -0.2) is 21.2 Å². The van der Waals surface area contributed by atoms with Crippen molar-refractivity contribution in [3.05, 3.63) is 16.4 Å². The first kappa shape index (κ1) is 11.5. The number of carbonyl (C=O) groups excluding carboxylic acids is 1. The fourth-order valence-electron chi connectivity index (χ4n) is 2.07. The van der Waals surface area contributed by atoms with Crippen molar-refractivity contribution >= 4 is 17.2 Å². The summed E-state index contributed by atoms with van der Waals surface area (Å²) >= 11 is 1.43. The SMILES string of the molecule is Cn1ccsc1=NC(=O)CC1(O)CCCC1. The van der Waals surface area contributed by atoms with Gasteiger partial charge in [0.2, 0.25) is 0 Å². The van der Waals surface area contributed by atoms with E-state index in [4.69, 9.17) is 0 Å². The molecule has 5 heteroatoms. The topological polar surface area (TPSA) is 54.6 Å². The van der Waals surface area contributed by atoms with E-state index in [2.05, 4.69) is 4.99 Å². The Morgan fingerprint density at radius 3 is 2.88 bits per heavy atom. The quantitative estimate of drug-likeness (QED) is 0.844. The van der Waals surface area contributed by atoms with E-state index < -0.39 is 5.60 Å². The van der Waals surface area contributed by atoms with E-state index >= 15 is 0 Å². The molecular weight excluding hydrogens is 224 g/mol. The number of aliphatic hydroxyl groups is 1. The van der Waals surface area contributed by atoms with Crippen molar-refractivity contribution in [3.63, 3.8) is 0 Å². The van der Waals surface area contributed by atoms with Crippen LogP contribution in [0.25, 0.3) is 0 Å². The highest BCUT2D eigenvalue weighted by atomic mass is 32.1. The van der Waals surface area contributed by atoms with E-state index in [1.54, 1.807) is 4.57 Å². The number of aryl methyl sites for hydroxylation is 1. The van der Waals surface area contributed by atoms with Crippen LogP contribution in [0, 0.1) is 0 Å². The van der Waals surface area contributed by atoms with E-state index in [0.29, 0.717) is 4.80 Å². The zero-order chi connectivity index (χ0) is 11.6. The summed E-state index contributed by atoms with van der Waals surface area (Å²) in [5.74, 6) is -0.220. The molecule has 0 atom stereocenters. The third-order valence-electron chi connectivity index (χ3n) is 2.99. The fourth-order valence-corrected chi connectivity index (χ4v) is 2.82. The first-order valence-corrected chi connectivity index (χ1v) is 6.37. The molecule has 0 radical (unpaired) electrons. The molecule has 0 unspecified atom stereocenters. The highest BCUT2D eigenvalue weighted by molar-refractivity contribution is 7.07. The van der Waals surface area contributed by atoms with E-state index in [9.17, 15) is 9.90 Å². The average Bonchev–Trinajstić information content (AvgIpc) is 2.77. The van der Waals surface area contributed by atoms with Crippen molar-refractivity contribution in [2.24, 2.45) is 12.0 Å². The van der Waals surface area contributed by atoms with Gasteiger partial charge in [-0.3, -0.25) is 4.79 Å². The number of amides is 1. The van der Waals surface area contributed by atoms with Crippen LogP contribution in [-0.2, 0) is 11.8 Å².